The lowest BCUT2D eigenvalue weighted by Crippen LogP contribution is -2.20. The summed E-state index contributed by atoms with van der Waals surface area (Å²) in [7, 11) is 0. The molecule has 6 atom stereocenters. The number of allylic oxidation sites excluding steroid dienone is 3. The minimum atomic E-state index is -0.207. The fourth-order valence-electron chi connectivity index (χ4n) is 4.05. The van der Waals surface area contributed by atoms with Gasteiger partial charge >= 0.3 is 0 Å². The van der Waals surface area contributed by atoms with Crippen molar-refractivity contribution in [3.63, 3.8) is 0 Å². The van der Waals surface area contributed by atoms with E-state index in [1.807, 2.05) is 6.92 Å². The van der Waals surface area contributed by atoms with Crippen molar-refractivity contribution in [1.29, 1.82) is 0 Å². The van der Waals surface area contributed by atoms with Crippen molar-refractivity contribution in [2.45, 2.75) is 39.2 Å². The quantitative estimate of drug-likeness (QED) is 0.706. The summed E-state index contributed by atoms with van der Waals surface area (Å²) in [5.41, 5.74) is 1.64. The second kappa shape index (κ2) is 3.73. The van der Waals surface area contributed by atoms with Crippen LogP contribution in [0.5, 0.6) is 0 Å². The molecule has 1 heteroatoms. The van der Waals surface area contributed by atoms with Crippen LogP contribution in [-0.4, -0.2) is 11.2 Å². The average molecular weight is 218 g/mol. The van der Waals surface area contributed by atoms with Crippen molar-refractivity contribution >= 4 is 0 Å². The molecule has 0 aromatic carbocycles. The first-order valence-corrected chi connectivity index (χ1v) is 6.72. The van der Waals surface area contributed by atoms with Crippen molar-refractivity contribution in [3.8, 4) is 0 Å². The largest absolute Gasteiger partial charge is 0.393 e. The van der Waals surface area contributed by atoms with E-state index in [9.17, 15) is 5.11 Å². The van der Waals surface area contributed by atoms with E-state index < -0.39 is 0 Å². The summed E-state index contributed by atoms with van der Waals surface area (Å²) in [6, 6.07) is 0. The number of aliphatic hydroxyl groups excluding tert-OH is 1. The summed E-state index contributed by atoms with van der Waals surface area (Å²) in [4.78, 5) is 0. The highest BCUT2D eigenvalue weighted by Crippen LogP contribution is 2.58. The van der Waals surface area contributed by atoms with Crippen molar-refractivity contribution in [2.75, 3.05) is 0 Å². The normalized spacial score (nSPS) is 46.3. The van der Waals surface area contributed by atoms with Gasteiger partial charge in [0, 0.05) is 0 Å². The van der Waals surface area contributed by atoms with Crippen LogP contribution in [0.3, 0.4) is 0 Å². The van der Waals surface area contributed by atoms with Gasteiger partial charge in [-0.1, -0.05) is 30.7 Å². The topological polar surface area (TPSA) is 20.2 Å². The summed E-state index contributed by atoms with van der Waals surface area (Å²) in [6.07, 6.45) is 11.0. The zero-order valence-corrected chi connectivity index (χ0v) is 10.3. The maximum atomic E-state index is 9.58. The third-order valence-electron chi connectivity index (χ3n) is 5.10. The Balaban J connectivity index is 1.79. The monoisotopic (exact) mass is 218 g/mol. The molecule has 88 valence electrons. The van der Waals surface area contributed by atoms with Gasteiger partial charge in [-0.05, 0) is 55.8 Å². The fraction of sp³-hybridized carbons (Fsp3) is 0.733. The van der Waals surface area contributed by atoms with Crippen molar-refractivity contribution in [1.82, 2.24) is 0 Å². The van der Waals surface area contributed by atoms with E-state index in [2.05, 4.69) is 25.2 Å². The average Bonchev–Trinajstić information content (AvgIpc) is 2.87. The van der Waals surface area contributed by atoms with Gasteiger partial charge < -0.3 is 5.11 Å². The minimum absolute atomic E-state index is 0.207. The highest BCUT2D eigenvalue weighted by Gasteiger charge is 2.49. The number of hydrogen-bond donors (Lipinski definition) is 1. The molecule has 0 amide bonds. The van der Waals surface area contributed by atoms with Crippen LogP contribution >= 0.6 is 0 Å². The molecule has 0 radical (unpaired) electrons. The van der Waals surface area contributed by atoms with E-state index in [1.54, 1.807) is 5.57 Å². The molecule has 0 heterocycles. The molecule has 0 aromatic heterocycles. The molecule has 1 N–H and O–H groups in total. The summed E-state index contributed by atoms with van der Waals surface area (Å²) >= 11 is 0. The summed E-state index contributed by atoms with van der Waals surface area (Å²) in [5, 5.41) is 9.58. The first kappa shape index (κ1) is 10.6. The highest BCUT2D eigenvalue weighted by molar-refractivity contribution is 5.27. The Kier molecular flexibility index (Phi) is 2.47. The van der Waals surface area contributed by atoms with Gasteiger partial charge in [-0.25, -0.2) is 0 Å². The van der Waals surface area contributed by atoms with Gasteiger partial charge in [0.05, 0.1) is 6.10 Å². The van der Waals surface area contributed by atoms with Crippen LogP contribution in [0.25, 0.3) is 0 Å². The Morgan fingerprint density at radius 1 is 1.44 bits per heavy atom. The second-order valence-electron chi connectivity index (χ2n) is 6.05. The summed E-state index contributed by atoms with van der Waals surface area (Å²) in [6.45, 7) is 4.03. The molecule has 0 spiro atoms. The third-order valence-corrected chi connectivity index (χ3v) is 5.10. The molecule has 2 unspecified atom stereocenters. The number of rotatable bonds is 2. The lowest BCUT2D eigenvalue weighted by atomic mass is 9.78. The minimum Gasteiger partial charge on any atom is -0.393 e. The lowest BCUT2D eigenvalue weighted by Gasteiger charge is -2.27. The summed E-state index contributed by atoms with van der Waals surface area (Å²) in [5.74, 6) is 3.88. The van der Waals surface area contributed by atoms with E-state index in [4.69, 9.17) is 0 Å². The van der Waals surface area contributed by atoms with Gasteiger partial charge in [0.25, 0.3) is 0 Å². The van der Waals surface area contributed by atoms with Crippen LogP contribution < -0.4 is 0 Å². The third kappa shape index (κ3) is 1.48. The maximum Gasteiger partial charge on any atom is 0.0572 e. The zero-order valence-electron chi connectivity index (χ0n) is 10.3. The van der Waals surface area contributed by atoms with Crippen LogP contribution in [0, 0.1) is 29.6 Å². The van der Waals surface area contributed by atoms with Crippen molar-refractivity contribution in [3.05, 3.63) is 23.8 Å². The molecule has 0 aromatic rings. The van der Waals surface area contributed by atoms with Crippen LogP contribution in [0.15, 0.2) is 23.8 Å². The highest BCUT2D eigenvalue weighted by atomic mass is 16.3. The van der Waals surface area contributed by atoms with Gasteiger partial charge in [0.1, 0.15) is 0 Å². The first-order chi connectivity index (χ1) is 7.66. The van der Waals surface area contributed by atoms with Gasteiger partial charge in [0.2, 0.25) is 0 Å². The first-order valence-electron chi connectivity index (χ1n) is 6.72. The Morgan fingerprint density at radius 3 is 3.00 bits per heavy atom. The maximum absolute atomic E-state index is 9.58. The molecule has 3 aliphatic carbocycles. The van der Waals surface area contributed by atoms with E-state index in [0.29, 0.717) is 5.92 Å². The number of fused-ring (bicyclic) bond motifs is 5. The zero-order chi connectivity index (χ0) is 11.3. The Labute approximate surface area is 98.2 Å². The van der Waals surface area contributed by atoms with Crippen LogP contribution in [0.4, 0.5) is 0 Å². The predicted octanol–water partition coefficient (Wildman–Crippen LogP) is 3.16. The van der Waals surface area contributed by atoms with Gasteiger partial charge in [-0.2, -0.15) is 0 Å². The van der Waals surface area contributed by atoms with Gasteiger partial charge in [-0.15, -0.1) is 0 Å². The molecular weight excluding hydrogens is 196 g/mol. The molecule has 2 saturated carbocycles. The molecule has 0 aliphatic heterocycles. The molecular formula is C15H22O. The fourth-order valence-corrected chi connectivity index (χ4v) is 4.05. The van der Waals surface area contributed by atoms with Gasteiger partial charge in [0.15, 0.2) is 0 Å². The van der Waals surface area contributed by atoms with Crippen LogP contribution in [-0.2, 0) is 0 Å². The Morgan fingerprint density at radius 2 is 2.25 bits per heavy atom. The molecule has 3 aliphatic rings. The van der Waals surface area contributed by atoms with Crippen LogP contribution in [0.2, 0.25) is 0 Å². The SMILES string of the molecule is C[C@H](O)[C@H](C)C=C1CC2CC1[C@H]1C=CC[C@@H]21. The Bertz CT molecular complexity index is 339. The molecule has 1 nitrogen and oxygen atoms in total. The van der Waals surface area contributed by atoms with Crippen LogP contribution in [0.1, 0.15) is 33.1 Å². The van der Waals surface area contributed by atoms with E-state index in [1.165, 1.54) is 19.3 Å². The molecule has 16 heavy (non-hydrogen) atoms. The van der Waals surface area contributed by atoms with Gasteiger partial charge in [-0.3, -0.25) is 0 Å². The Hall–Kier alpha value is -0.560. The van der Waals surface area contributed by atoms with E-state index >= 15 is 0 Å². The van der Waals surface area contributed by atoms with E-state index in [0.717, 1.165) is 23.7 Å². The lowest BCUT2D eigenvalue weighted by molar-refractivity contribution is 0.156. The second-order valence-corrected chi connectivity index (χ2v) is 6.05. The summed E-state index contributed by atoms with van der Waals surface area (Å²) < 4.78 is 0. The van der Waals surface area contributed by atoms with Crippen molar-refractivity contribution < 1.29 is 5.11 Å². The molecule has 2 fully saturated rings. The molecule has 0 saturated heterocycles. The number of hydrogen-bond acceptors (Lipinski definition) is 1. The molecule has 3 rings (SSSR count). The predicted molar refractivity (Wildman–Crippen MR) is 65.9 cm³/mol. The standard InChI is InChI=1S/C15H22O/c1-9(10(2)16)6-11-7-12-8-15(11)14-5-3-4-13(12)14/h3,5-6,9-10,12-16H,4,7-8H2,1-2H3/t9-,10+,12?,13+,14+,15?/m1/s1. The number of aliphatic hydroxyl groups is 1. The smallest absolute Gasteiger partial charge is 0.0572 e. The van der Waals surface area contributed by atoms with Crippen molar-refractivity contribution in [2.24, 2.45) is 29.6 Å². The van der Waals surface area contributed by atoms with E-state index in [-0.39, 0.29) is 6.10 Å². The molecule has 2 bridgehead atoms.